The molecule has 1 unspecified atom stereocenters. The first-order valence-electron chi connectivity index (χ1n) is 14.8. The quantitative estimate of drug-likeness (QED) is 0.140. The van der Waals surface area contributed by atoms with E-state index in [0.29, 0.717) is 11.6 Å². The van der Waals surface area contributed by atoms with E-state index in [1.807, 2.05) is 30.7 Å². The summed E-state index contributed by atoms with van der Waals surface area (Å²) in [5, 5.41) is 7.42. The summed E-state index contributed by atoms with van der Waals surface area (Å²) in [5.41, 5.74) is 5.89. The summed E-state index contributed by atoms with van der Waals surface area (Å²) in [5.74, 6) is 0.402. The van der Waals surface area contributed by atoms with Gasteiger partial charge in [-0.2, -0.15) is 0 Å². The third-order valence-corrected chi connectivity index (χ3v) is 13.0. The molecule has 2 atom stereocenters. The second-order valence-corrected chi connectivity index (χ2v) is 16.1. The molecule has 4 aromatic rings. The zero-order chi connectivity index (χ0) is 29.5. The standard InChI is InChI=1S/C35H36P2.C5H5.Fe/c1-25-19-26(2)22-32(21-25)36(33-23-27(3)20-28(4)24-33)29(5)34-17-12-18-35(34)37(30-13-8-6-9-14-30)31-15-10-7-11-16-31;1-2-4-5-3-1;/h6-24,29,34H,1-5H3;1-5H;/t29-,34?;;/m0../s1. The van der Waals surface area contributed by atoms with Gasteiger partial charge in [0.05, 0.1) is 0 Å². The van der Waals surface area contributed by atoms with Crippen molar-refractivity contribution in [3.63, 3.8) is 0 Å². The molecule has 6 rings (SSSR count). The fourth-order valence-corrected chi connectivity index (χ4v) is 12.0. The fraction of sp³-hybridized carbons (Fsp3) is 0.175. The topological polar surface area (TPSA) is 0 Å². The number of allylic oxidation sites excluding steroid dienone is 8. The van der Waals surface area contributed by atoms with Crippen molar-refractivity contribution in [1.82, 2.24) is 0 Å². The maximum Gasteiger partial charge on any atom is 0.0103 e. The molecule has 0 aromatic heterocycles. The van der Waals surface area contributed by atoms with Gasteiger partial charge in [-0.15, -0.1) is 0 Å². The van der Waals surface area contributed by atoms with Gasteiger partial charge in [-0.3, -0.25) is 0 Å². The van der Waals surface area contributed by atoms with Crippen LogP contribution in [-0.2, 0) is 17.1 Å². The Morgan fingerprint density at radius 2 is 0.977 bits per heavy atom. The summed E-state index contributed by atoms with van der Waals surface area (Å²) in [6.45, 7) is 11.4. The molecule has 1 radical (unpaired) electrons. The van der Waals surface area contributed by atoms with Crippen LogP contribution in [0.25, 0.3) is 0 Å². The molecular weight excluding hydrogens is 598 g/mol. The van der Waals surface area contributed by atoms with E-state index in [2.05, 4.69) is 150 Å². The van der Waals surface area contributed by atoms with E-state index in [4.69, 9.17) is 0 Å². The maximum atomic E-state index is 2.50. The van der Waals surface area contributed by atoms with Crippen molar-refractivity contribution in [2.45, 2.75) is 40.3 Å². The third kappa shape index (κ3) is 8.44. The van der Waals surface area contributed by atoms with Crippen LogP contribution in [0.5, 0.6) is 0 Å². The zero-order valence-electron chi connectivity index (χ0n) is 25.8. The Balaban J connectivity index is 0.000000641. The first-order valence-corrected chi connectivity index (χ1v) is 17.6. The van der Waals surface area contributed by atoms with Crippen LogP contribution < -0.4 is 21.2 Å². The molecule has 2 aliphatic carbocycles. The molecule has 0 amide bonds. The molecule has 0 N–H and O–H groups in total. The van der Waals surface area contributed by atoms with E-state index >= 15 is 0 Å². The molecule has 43 heavy (non-hydrogen) atoms. The van der Waals surface area contributed by atoms with Crippen LogP contribution in [0.2, 0.25) is 0 Å². The van der Waals surface area contributed by atoms with Gasteiger partial charge < -0.3 is 0 Å². The van der Waals surface area contributed by atoms with Gasteiger partial charge >= 0.3 is 0 Å². The van der Waals surface area contributed by atoms with E-state index in [9.17, 15) is 0 Å². The van der Waals surface area contributed by atoms with Crippen molar-refractivity contribution in [2.24, 2.45) is 5.92 Å². The van der Waals surface area contributed by atoms with Gasteiger partial charge in [0.25, 0.3) is 0 Å². The Bertz CT molecular complexity index is 1470. The second-order valence-electron chi connectivity index (χ2n) is 11.3. The Hall–Kier alpha value is -2.78. The van der Waals surface area contributed by atoms with E-state index in [0.717, 1.165) is 0 Å². The van der Waals surface area contributed by atoms with Gasteiger partial charge in [-0.1, -0.05) is 169 Å². The number of benzene rings is 4. The van der Waals surface area contributed by atoms with E-state index in [-0.39, 0.29) is 17.1 Å². The molecule has 0 spiro atoms. The Morgan fingerprint density at radius 1 is 0.535 bits per heavy atom. The van der Waals surface area contributed by atoms with Crippen LogP contribution in [0.1, 0.15) is 29.2 Å². The Kier molecular flexibility index (Phi) is 12.2. The van der Waals surface area contributed by atoms with E-state index in [1.54, 1.807) is 5.31 Å². The molecule has 219 valence electrons. The first-order chi connectivity index (χ1) is 20.4. The van der Waals surface area contributed by atoms with Gasteiger partial charge in [0, 0.05) is 29.4 Å². The summed E-state index contributed by atoms with van der Waals surface area (Å²) in [6.07, 6.45) is 17.2. The largest absolute Gasteiger partial charge is 0.0767 e. The molecule has 0 saturated heterocycles. The van der Waals surface area contributed by atoms with Gasteiger partial charge in [0.1, 0.15) is 0 Å². The minimum absolute atomic E-state index is 0. The van der Waals surface area contributed by atoms with Crippen LogP contribution in [0.15, 0.2) is 145 Å². The Labute approximate surface area is 272 Å². The van der Waals surface area contributed by atoms with Crippen LogP contribution in [0, 0.1) is 40.0 Å². The van der Waals surface area contributed by atoms with Crippen molar-refractivity contribution in [2.75, 3.05) is 0 Å². The zero-order valence-corrected chi connectivity index (χ0v) is 28.7. The van der Waals surface area contributed by atoms with Crippen molar-refractivity contribution in [3.8, 4) is 0 Å². The molecule has 0 fully saturated rings. The Morgan fingerprint density at radius 3 is 1.37 bits per heavy atom. The number of aryl methyl sites for hydroxylation is 4. The van der Waals surface area contributed by atoms with Crippen LogP contribution in [0.3, 0.4) is 0 Å². The molecule has 2 aliphatic rings. The average molecular weight is 640 g/mol. The number of rotatable bonds is 7. The molecule has 0 saturated carbocycles. The normalized spacial score (nSPS) is 15.7. The summed E-state index contributed by atoms with van der Waals surface area (Å²) >= 11 is 0. The van der Waals surface area contributed by atoms with Crippen molar-refractivity contribution >= 4 is 37.1 Å². The van der Waals surface area contributed by atoms with Gasteiger partial charge in [-0.25, -0.2) is 0 Å². The third-order valence-electron chi connectivity index (χ3n) is 7.67. The van der Waals surface area contributed by atoms with Gasteiger partial charge in [-0.05, 0) is 75.7 Å². The summed E-state index contributed by atoms with van der Waals surface area (Å²) in [4.78, 5) is 0. The van der Waals surface area contributed by atoms with Crippen LogP contribution in [-0.4, -0.2) is 5.66 Å². The number of hydrogen-bond donors (Lipinski definition) is 0. The molecule has 0 nitrogen and oxygen atoms in total. The van der Waals surface area contributed by atoms with Crippen LogP contribution in [0.4, 0.5) is 0 Å². The van der Waals surface area contributed by atoms with Crippen molar-refractivity contribution in [1.29, 1.82) is 0 Å². The molecule has 3 heteroatoms. The molecule has 0 aliphatic heterocycles. The minimum Gasteiger partial charge on any atom is -0.0767 e. The summed E-state index contributed by atoms with van der Waals surface area (Å²) < 4.78 is 0. The smallest absolute Gasteiger partial charge is 0.0103 e. The second kappa shape index (κ2) is 15.8. The first kappa shape index (κ1) is 33.1. The predicted octanol–water partition coefficient (Wildman–Crippen LogP) is 9.26. The van der Waals surface area contributed by atoms with Crippen LogP contribution >= 0.6 is 15.8 Å². The molecule has 4 aromatic carbocycles. The fourth-order valence-electron chi connectivity index (χ4n) is 6.00. The molecule has 0 heterocycles. The van der Waals surface area contributed by atoms with Gasteiger partial charge in [0.15, 0.2) is 0 Å². The van der Waals surface area contributed by atoms with Crippen molar-refractivity contribution in [3.05, 3.63) is 174 Å². The molecular formula is C40H41FeP2. The van der Waals surface area contributed by atoms with Gasteiger partial charge in [0.2, 0.25) is 0 Å². The van der Waals surface area contributed by atoms with E-state index < -0.39 is 15.8 Å². The summed E-state index contributed by atoms with van der Waals surface area (Å²) in [6, 6.07) is 36.6. The maximum absolute atomic E-state index is 2.50. The molecule has 0 bridgehead atoms. The van der Waals surface area contributed by atoms with Crippen molar-refractivity contribution < 1.29 is 17.1 Å². The summed E-state index contributed by atoms with van der Waals surface area (Å²) in [7, 11) is -1.16. The number of hydrogen-bond acceptors (Lipinski definition) is 0. The van der Waals surface area contributed by atoms with E-state index in [1.165, 1.54) is 43.5 Å². The minimum atomic E-state index is -0.602. The monoisotopic (exact) mass is 639 g/mol. The predicted molar refractivity (Wildman–Crippen MR) is 190 cm³/mol. The average Bonchev–Trinajstić information content (AvgIpc) is 3.70. The SMILES string of the molecule is Cc1cc(C)cc(P(c2cc(C)cc(C)c2)[C@@H](C)C2C=CC=C2P(c2ccccc2)c2ccccc2)c1.[CH]1C=CC=C1.[Fe].